The molecule has 3 aromatic carbocycles. The number of aromatic nitrogens is 4. The molecule has 59 heavy (non-hydrogen) atoms. The number of nitrogens with one attached hydrogen (secondary N) is 3. The Kier molecular flexibility index (Phi) is 25.9. The highest BCUT2D eigenvalue weighted by atomic mass is 35.5. The second-order valence-electron chi connectivity index (χ2n) is 10.1. The lowest BCUT2D eigenvalue weighted by Gasteiger charge is -2.14. The molecule has 0 aliphatic carbocycles. The maximum Gasteiger partial charge on any atom is 0.269 e. The first-order valence-electron chi connectivity index (χ1n) is 19.2. The van der Waals surface area contributed by atoms with Gasteiger partial charge in [-0.3, -0.25) is 50.2 Å². The predicted octanol–water partition coefficient (Wildman–Crippen LogP) is 7.34. The van der Waals surface area contributed by atoms with Gasteiger partial charge in [0, 0.05) is 87.5 Å². The summed E-state index contributed by atoms with van der Waals surface area (Å²) in [5.74, 6) is 0.459. The zero-order chi connectivity index (χ0) is 46.6. The van der Waals surface area contributed by atoms with Gasteiger partial charge >= 0.3 is 0 Å². The average Bonchev–Trinajstić information content (AvgIpc) is 3.31. The van der Waals surface area contributed by atoms with E-state index < -0.39 is 21.0 Å². The number of anilines is 3. The molecule has 0 fully saturated rings. The number of amides is 2. The zero-order valence-corrected chi connectivity index (χ0v) is 34.3. The first kappa shape index (κ1) is 49.6. The molecule has 0 atom stereocenters. The van der Waals surface area contributed by atoms with E-state index in [2.05, 4.69) is 40.9 Å². The summed E-state index contributed by atoms with van der Waals surface area (Å²) >= 11 is 5.13. The third-order valence-electron chi connectivity index (χ3n) is 6.32. The number of nitrogen functional groups attached to an aromatic ring is 2. The number of nitro benzene ring substituents is 2. The molecule has 7 N–H and O–H groups in total. The fraction of sp³-hybridized carbons (Fsp3) is 0.231. The Morgan fingerprint density at radius 1 is 0.678 bits per heavy atom. The van der Waals surface area contributed by atoms with Crippen molar-refractivity contribution in [3.05, 3.63) is 147 Å². The summed E-state index contributed by atoms with van der Waals surface area (Å²) in [6, 6.07) is 20.5. The second-order valence-corrected chi connectivity index (χ2v) is 10.4. The van der Waals surface area contributed by atoms with E-state index >= 15 is 0 Å². The van der Waals surface area contributed by atoms with Gasteiger partial charge in [-0.1, -0.05) is 41.5 Å². The molecule has 20 heteroatoms. The predicted molar refractivity (Wildman–Crippen MR) is 232 cm³/mol. The Bertz CT molecular complexity index is 1990. The van der Waals surface area contributed by atoms with Crippen LogP contribution in [0, 0.1) is 20.2 Å². The number of non-ortho nitro benzene ring substituents is 2. The Morgan fingerprint density at radius 2 is 1.08 bits per heavy atom. The van der Waals surface area contributed by atoms with Gasteiger partial charge < -0.3 is 16.8 Å². The van der Waals surface area contributed by atoms with Gasteiger partial charge in [0.05, 0.1) is 9.85 Å². The summed E-state index contributed by atoms with van der Waals surface area (Å²) in [4.78, 5) is 72.7. The van der Waals surface area contributed by atoms with Crippen LogP contribution in [0.2, 0.25) is 0 Å². The number of carbonyl (C=O) groups is 3. The molecule has 6 rings (SSSR count). The van der Waals surface area contributed by atoms with Crippen molar-refractivity contribution in [2.45, 2.75) is 48.0 Å². The van der Waals surface area contributed by atoms with Crippen molar-refractivity contribution in [3.8, 4) is 0 Å². The van der Waals surface area contributed by atoms with Gasteiger partial charge in [0.15, 0.2) is 5.96 Å². The topological polar surface area (TPSA) is 290 Å². The summed E-state index contributed by atoms with van der Waals surface area (Å²) in [5.41, 5.74) is 12.3. The van der Waals surface area contributed by atoms with Crippen LogP contribution in [0.4, 0.5) is 29.0 Å². The molecule has 2 amide bonds. The van der Waals surface area contributed by atoms with Gasteiger partial charge in [-0.05, 0) is 78.7 Å². The lowest BCUT2D eigenvalue weighted by Crippen LogP contribution is -2.43. The number of nitro groups is 2. The van der Waals surface area contributed by atoms with Crippen molar-refractivity contribution in [3.63, 3.8) is 0 Å². The maximum atomic E-state index is 11.8. The van der Waals surface area contributed by atoms with E-state index in [9.17, 15) is 34.6 Å². The molecule has 1 aliphatic rings. The molecule has 2 aromatic heterocycles. The Labute approximate surface area is 350 Å². The van der Waals surface area contributed by atoms with Crippen molar-refractivity contribution in [2.75, 3.05) is 29.9 Å². The molecule has 0 saturated heterocycles. The van der Waals surface area contributed by atoms with Crippen molar-refractivity contribution in [2.24, 2.45) is 4.99 Å². The number of carbonyl (C=O) groups excluding carboxylic acids is 3. The van der Waals surface area contributed by atoms with Crippen LogP contribution in [0.15, 0.2) is 115 Å². The molecule has 0 unspecified atom stereocenters. The van der Waals surface area contributed by atoms with Crippen LogP contribution in [0.25, 0.3) is 0 Å². The standard InChI is InChI=1S/C11H8N4O3.C11H14N4O.C7H4ClNO3.C4H5N3.3C2H6.H2/c16-10(14-11-12-6-1-7-13-11)8-2-4-9(5-3-8)15(17)18;12-9-4-2-8(3-5-9)10(16)15-11-13-6-1-7-14-11;8-7(10)5-1-3-6(4-2-5)9(11)12;5-4-6-2-1-3-7-4;3*1-2;/h1-7H,(H,12,13,14,16);2-5H,1,6-7,12H2,(H2,13,14,15,16);1-4H;1-3H,(H2,5,6,7);3*1-2H3;1H/i;;;;;;;1+1D. The molecule has 1 aliphatic heterocycles. The van der Waals surface area contributed by atoms with Crippen molar-refractivity contribution in [1.29, 1.82) is 0 Å². The molecular formula is C39H51ClN12O7. The molecule has 0 saturated carbocycles. The minimum atomic E-state index is -0.620. The van der Waals surface area contributed by atoms with Gasteiger partial charge in [-0.25, -0.2) is 19.9 Å². The molecule has 5 aromatic rings. The van der Waals surface area contributed by atoms with Crippen LogP contribution in [0.1, 0.15) is 82.0 Å². The largest absolute Gasteiger partial charge is 0.399 e. The molecule has 0 spiro atoms. The molecular weight excluding hydrogens is 784 g/mol. The van der Waals surface area contributed by atoms with Gasteiger partial charge in [0.25, 0.3) is 28.4 Å². The first-order valence-corrected chi connectivity index (χ1v) is 18.6. The van der Waals surface area contributed by atoms with E-state index in [1.54, 1.807) is 48.8 Å². The van der Waals surface area contributed by atoms with Crippen LogP contribution in [0.3, 0.4) is 0 Å². The van der Waals surface area contributed by atoms with E-state index in [0.29, 0.717) is 28.7 Å². The minimum Gasteiger partial charge on any atom is -0.399 e. The molecule has 19 nitrogen and oxygen atoms in total. The summed E-state index contributed by atoms with van der Waals surface area (Å²) in [6.07, 6.45) is 7.20. The number of benzene rings is 3. The number of rotatable bonds is 6. The van der Waals surface area contributed by atoms with Gasteiger partial charge in [0.1, 0.15) is 0 Å². The summed E-state index contributed by atoms with van der Waals surface area (Å²) in [7, 11) is 0. The first-order chi connectivity index (χ1) is 29.4. The summed E-state index contributed by atoms with van der Waals surface area (Å²) in [5, 5.41) is 28.2. The highest BCUT2D eigenvalue weighted by Crippen LogP contribution is 2.14. The van der Waals surface area contributed by atoms with Crippen LogP contribution in [-0.4, -0.2) is 65.9 Å². The zero-order valence-electron chi connectivity index (χ0n) is 35.5. The van der Waals surface area contributed by atoms with Crippen LogP contribution < -0.4 is 27.4 Å². The number of halogens is 1. The fourth-order valence-electron chi connectivity index (χ4n) is 3.73. The molecule has 3 heterocycles. The fourth-order valence-corrected chi connectivity index (χ4v) is 3.85. The third-order valence-corrected chi connectivity index (χ3v) is 6.54. The molecule has 316 valence electrons. The lowest BCUT2D eigenvalue weighted by molar-refractivity contribution is -0.385. The quantitative estimate of drug-likeness (QED) is 0.0484. The summed E-state index contributed by atoms with van der Waals surface area (Å²) in [6.45, 7) is 13.6. The van der Waals surface area contributed by atoms with Gasteiger partial charge in [-0.2, -0.15) is 0 Å². The minimum absolute atomic E-state index is 0.0586. The van der Waals surface area contributed by atoms with E-state index in [-0.39, 0.29) is 28.8 Å². The maximum absolute atomic E-state index is 11.8. The SMILES string of the molecule is CC.CC.CC.Nc1ccc(C(=O)NC2=NCCCN2)cc1.Nc1ncccn1.O=C(Cl)c1ccc([N+](=O)[O-])cc1.O=C(Nc1ncccn1)c1ccc([N+](=O)[O-])cc1.[2H][2H]. The Hall–Kier alpha value is -7.41. The Morgan fingerprint density at radius 3 is 1.46 bits per heavy atom. The number of aliphatic imine (C=N–C) groups is 1. The number of hydrogen-bond donors (Lipinski definition) is 5. The monoisotopic (exact) mass is 836 g/mol. The van der Waals surface area contributed by atoms with E-state index in [1.807, 2.05) is 41.5 Å². The number of hydrogen-bond acceptors (Lipinski definition) is 15. The highest BCUT2D eigenvalue weighted by Gasteiger charge is 2.11. The van der Waals surface area contributed by atoms with E-state index in [4.69, 9.17) is 26.0 Å². The third kappa shape index (κ3) is 21.5. The summed E-state index contributed by atoms with van der Waals surface area (Å²) < 4.78 is 10.0. The van der Waals surface area contributed by atoms with E-state index in [1.165, 1.54) is 60.9 Å². The normalized spacial score (nSPS) is 10.4. The van der Waals surface area contributed by atoms with E-state index in [0.717, 1.165) is 19.5 Å². The number of guanidine groups is 1. The van der Waals surface area contributed by atoms with Crippen LogP contribution >= 0.6 is 11.6 Å². The van der Waals surface area contributed by atoms with Gasteiger partial charge in [-0.15, -0.1) is 0 Å². The highest BCUT2D eigenvalue weighted by molar-refractivity contribution is 6.67. The van der Waals surface area contributed by atoms with Crippen molar-refractivity contribution >= 4 is 63.6 Å². The molecule has 0 radical (unpaired) electrons. The number of nitrogens with zero attached hydrogens (tertiary/aromatic N) is 7. The van der Waals surface area contributed by atoms with Crippen LogP contribution in [-0.2, 0) is 0 Å². The second kappa shape index (κ2) is 30.8. The van der Waals surface area contributed by atoms with Crippen molar-refractivity contribution < 1.29 is 27.2 Å². The number of nitrogens with two attached hydrogens (primary N) is 2. The van der Waals surface area contributed by atoms with Crippen LogP contribution in [0.5, 0.6) is 0 Å². The lowest BCUT2D eigenvalue weighted by atomic mass is 10.2. The van der Waals surface area contributed by atoms with Crippen molar-refractivity contribution in [1.82, 2.24) is 30.6 Å². The Balaban J connectivity index is 0. The molecule has 0 bridgehead atoms. The van der Waals surface area contributed by atoms with Gasteiger partial charge in [0.2, 0.25) is 11.9 Å². The smallest absolute Gasteiger partial charge is 0.269 e. The average molecular weight is 837 g/mol.